The van der Waals surface area contributed by atoms with Crippen molar-refractivity contribution >= 4 is 5.78 Å². The first-order chi connectivity index (χ1) is 6.88. The van der Waals surface area contributed by atoms with Crippen LogP contribution in [0.2, 0.25) is 0 Å². The molecule has 0 aliphatic carbocycles. The Kier molecular flexibility index (Phi) is 3.44. The van der Waals surface area contributed by atoms with Gasteiger partial charge in [0.1, 0.15) is 5.69 Å². The number of carbonyl (C=O) groups excluding carboxylic acids is 1. The maximum absolute atomic E-state index is 11.8. The quantitative estimate of drug-likeness (QED) is 0.728. The minimum absolute atomic E-state index is 0.0965. The summed E-state index contributed by atoms with van der Waals surface area (Å²) in [7, 11) is 0. The molecular weight excluding hydrogens is 207 g/mol. The van der Waals surface area contributed by atoms with Gasteiger partial charge in [0.05, 0.1) is 6.42 Å². The SMILES string of the molecule is Cc1cccc(C(=O)CCC(F)(F)F)n1. The number of ketones is 1. The highest BCUT2D eigenvalue weighted by molar-refractivity contribution is 5.94. The van der Waals surface area contributed by atoms with Gasteiger partial charge in [0.15, 0.2) is 5.78 Å². The average Bonchev–Trinajstić information content (AvgIpc) is 2.13. The second-order valence-corrected chi connectivity index (χ2v) is 3.20. The van der Waals surface area contributed by atoms with Gasteiger partial charge in [0.2, 0.25) is 0 Å². The fourth-order valence-corrected chi connectivity index (χ4v) is 1.08. The molecule has 1 aromatic heterocycles. The second kappa shape index (κ2) is 4.42. The van der Waals surface area contributed by atoms with Gasteiger partial charge < -0.3 is 0 Å². The van der Waals surface area contributed by atoms with Crippen LogP contribution in [0.15, 0.2) is 18.2 Å². The summed E-state index contributed by atoms with van der Waals surface area (Å²) in [5.41, 5.74) is 0.715. The third kappa shape index (κ3) is 4.10. The van der Waals surface area contributed by atoms with Gasteiger partial charge >= 0.3 is 6.18 Å². The first-order valence-corrected chi connectivity index (χ1v) is 4.42. The van der Waals surface area contributed by atoms with Crippen LogP contribution in [0.1, 0.15) is 29.0 Å². The Morgan fingerprint density at radius 3 is 2.60 bits per heavy atom. The van der Waals surface area contributed by atoms with Crippen molar-refractivity contribution in [3.63, 3.8) is 0 Å². The van der Waals surface area contributed by atoms with Crippen LogP contribution in [-0.4, -0.2) is 16.9 Å². The Hall–Kier alpha value is -1.39. The zero-order chi connectivity index (χ0) is 11.5. The van der Waals surface area contributed by atoms with Crippen LogP contribution in [0.25, 0.3) is 0 Å². The summed E-state index contributed by atoms with van der Waals surface area (Å²) in [6, 6.07) is 4.70. The molecule has 1 aromatic rings. The molecule has 0 aliphatic rings. The Balaban J connectivity index is 2.62. The number of halogens is 3. The van der Waals surface area contributed by atoms with E-state index in [1.54, 1.807) is 19.1 Å². The van der Waals surface area contributed by atoms with E-state index in [-0.39, 0.29) is 5.69 Å². The number of aromatic nitrogens is 1. The number of hydrogen-bond donors (Lipinski definition) is 0. The van der Waals surface area contributed by atoms with Crippen LogP contribution in [0.3, 0.4) is 0 Å². The van der Waals surface area contributed by atoms with Crippen molar-refractivity contribution in [3.05, 3.63) is 29.6 Å². The van der Waals surface area contributed by atoms with E-state index in [0.29, 0.717) is 5.69 Å². The number of Topliss-reactive ketones (excluding diaryl/α,β-unsaturated/α-hetero) is 1. The van der Waals surface area contributed by atoms with Gasteiger partial charge in [-0.15, -0.1) is 0 Å². The summed E-state index contributed by atoms with van der Waals surface area (Å²) >= 11 is 0. The molecule has 0 aliphatic heterocycles. The summed E-state index contributed by atoms with van der Waals surface area (Å²) in [5.74, 6) is -0.573. The zero-order valence-corrected chi connectivity index (χ0v) is 8.14. The van der Waals surface area contributed by atoms with E-state index >= 15 is 0 Å². The monoisotopic (exact) mass is 217 g/mol. The summed E-state index contributed by atoms with van der Waals surface area (Å²) in [6.45, 7) is 1.68. The number of carbonyl (C=O) groups is 1. The molecule has 0 fully saturated rings. The third-order valence-corrected chi connectivity index (χ3v) is 1.81. The van der Waals surface area contributed by atoms with Crippen molar-refractivity contribution in [1.82, 2.24) is 4.98 Å². The summed E-state index contributed by atoms with van der Waals surface area (Å²) in [6.07, 6.45) is -5.93. The Morgan fingerprint density at radius 2 is 2.07 bits per heavy atom. The molecule has 2 nitrogen and oxygen atoms in total. The van der Waals surface area contributed by atoms with Crippen LogP contribution >= 0.6 is 0 Å². The maximum atomic E-state index is 11.8. The fraction of sp³-hybridized carbons (Fsp3) is 0.400. The van der Waals surface area contributed by atoms with E-state index < -0.39 is 24.8 Å². The smallest absolute Gasteiger partial charge is 0.292 e. The second-order valence-electron chi connectivity index (χ2n) is 3.20. The number of nitrogens with zero attached hydrogens (tertiary/aromatic N) is 1. The molecule has 15 heavy (non-hydrogen) atoms. The van der Waals surface area contributed by atoms with Crippen molar-refractivity contribution in [2.45, 2.75) is 25.9 Å². The lowest BCUT2D eigenvalue weighted by molar-refractivity contribution is -0.133. The molecule has 0 aromatic carbocycles. The van der Waals surface area contributed by atoms with Gasteiger partial charge in [-0.25, -0.2) is 0 Å². The van der Waals surface area contributed by atoms with Crippen LogP contribution in [0.4, 0.5) is 13.2 Å². The highest BCUT2D eigenvalue weighted by Crippen LogP contribution is 2.22. The molecule has 0 amide bonds. The predicted molar refractivity (Wildman–Crippen MR) is 48.6 cm³/mol. The van der Waals surface area contributed by atoms with Crippen LogP contribution in [-0.2, 0) is 0 Å². The van der Waals surface area contributed by atoms with Crippen LogP contribution in [0, 0.1) is 6.92 Å². The summed E-state index contributed by atoms with van der Waals surface area (Å²) in [4.78, 5) is 15.1. The van der Waals surface area contributed by atoms with Gasteiger partial charge in [-0.05, 0) is 19.1 Å². The molecule has 0 unspecified atom stereocenters. The highest BCUT2D eigenvalue weighted by Gasteiger charge is 2.28. The Labute approximate surface area is 85.1 Å². The van der Waals surface area contributed by atoms with Gasteiger partial charge in [-0.3, -0.25) is 9.78 Å². The van der Waals surface area contributed by atoms with Gasteiger partial charge in [-0.2, -0.15) is 13.2 Å². The molecule has 1 heterocycles. The summed E-state index contributed by atoms with van der Waals surface area (Å²) < 4.78 is 35.5. The van der Waals surface area contributed by atoms with E-state index in [4.69, 9.17) is 0 Å². The van der Waals surface area contributed by atoms with Gasteiger partial charge in [-0.1, -0.05) is 6.07 Å². The fourth-order valence-electron chi connectivity index (χ4n) is 1.08. The lowest BCUT2D eigenvalue weighted by Gasteiger charge is -2.05. The molecule has 0 N–H and O–H groups in total. The normalized spacial score (nSPS) is 11.5. The molecule has 0 radical (unpaired) electrons. The predicted octanol–water partition coefficient (Wildman–Crippen LogP) is 2.92. The molecule has 0 saturated heterocycles. The molecule has 82 valence electrons. The van der Waals surface area contributed by atoms with E-state index in [9.17, 15) is 18.0 Å². The number of aryl methyl sites for hydroxylation is 1. The third-order valence-electron chi connectivity index (χ3n) is 1.81. The van der Waals surface area contributed by atoms with Crippen molar-refractivity contribution in [2.24, 2.45) is 0 Å². The molecule has 0 atom stereocenters. The number of rotatable bonds is 3. The molecule has 0 spiro atoms. The van der Waals surface area contributed by atoms with E-state index in [0.717, 1.165) is 0 Å². The Morgan fingerprint density at radius 1 is 1.40 bits per heavy atom. The van der Waals surface area contributed by atoms with E-state index in [2.05, 4.69) is 4.98 Å². The van der Waals surface area contributed by atoms with E-state index in [1.165, 1.54) is 6.07 Å². The first-order valence-electron chi connectivity index (χ1n) is 4.42. The average molecular weight is 217 g/mol. The summed E-state index contributed by atoms with van der Waals surface area (Å²) in [5, 5.41) is 0. The maximum Gasteiger partial charge on any atom is 0.389 e. The van der Waals surface area contributed by atoms with Gasteiger partial charge in [0.25, 0.3) is 0 Å². The van der Waals surface area contributed by atoms with E-state index in [1.807, 2.05) is 0 Å². The molecule has 0 bridgehead atoms. The minimum Gasteiger partial charge on any atom is -0.292 e. The highest BCUT2D eigenvalue weighted by atomic mass is 19.4. The number of pyridine rings is 1. The van der Waals surface area contributed by atoms with Gasteiger partial charge in [0, 0.05) is 12.1 Å². The topological polar surface area (TPSA) is 30.0 Å². The largest absolute Gasteiger partial charge is 0.389 e. The van der Waals surface area contributed by atoms with Crippen molar-refractivity contribution in [1.29, 1.82) is 0 Å². The number of alkyl halides is 3. The molecule has 5 heteroatoms. The first kappa shape index (κ1) is 11.7. The van der Waals surface area contributed by atoms with Crippen LogP contribution < -0.4 is 0 Å². The molecule has 1 rings (SSSR count). The lowest BCUT2D eigenvalue weighted by Crippen LogP contribution is -2.11. The molecule has 0 saturated carbocycles. The zero-order valence-electron chi connectivity index (χ0n) is 8.14. The minimum atomic E-state index is -4.29. The van der Waals surface area contributed by atoms with Crippen molar-refractivity contribution in [2.75, 3.05) is 0 Å². The van der Waals surface area contributed by atoms with Crippen molar-refractivity contribution in [3.8, 4) is 0 Å². The molecular formula is C10H10F3NO. The lowest BCUT2D eigenvalue weighted by atomic mass is 10.1. The standard InChI is InChI=1S/C10H10F3NO/c1-7-3-2-4-8(14-7)9(15)5-6-10(11,12)13/h2-4H,5-6H2,1H3. The van der Waals surface area contributed by atoms with Crippen LogP contribution in [0.5, 0.6) is 0 Å². The Bertz CT molecular complexity index is 360. The van der Waals surface area contributed by atoms with Crippen molar-refractivity contribution < 1.29 is 18.0 Å². The number of hydrogen-bond acceptors (Lipinski definition) is 2.